The summed E-state index contributed by atoms with van der Waals surface area (Å²) >= 11 is 0. The molecule has 0 aliphatic carbocycles. The van der Waals surface area contributed by atoms with Gasteiger partial charge < -0.3 is 10.6 Å². The number of amides is 1. The van der Waals surface area contributed by atoms with Gasteiger partial charge in [-0.15, -0.1) is 12.4 Å². The molecule has 0 fully saturated rings. The topological polar surface area (TPSA) is 41.1 Å². The molecule has 120 valence electrons. The van der Waals surface area contributed by atoms with Gasteiger partial charge in [0.05, 0.1) is 0 Å². The molecule has 0 saturated carbocycles. The molecule has 1 rings (SSSR count). The number of hydrogen-bond acceptors (Lipinski definition) is 2. The maximum absolute atomic E-state index is 12.9. The largest absolute Gasteiger partial charge is 0.353 e. The Hall–Kier alpha value is -1.13. The van der Waals surface area contributed by atoms with Gasteiger partial charge in [-0.2, -0.15) is 0 Å². The second-order valence-corrected chi connectivity index (χ2v) is 5.46. The summed E-state index contributed by atoms with van der Waals surface area (Å²) in [5, 5.41) is 6.11. The van der Waals surface area contributed by atoms with Crippen LogP contribution < -0.4 is 10.6 Å². The van der Waals surface area contributed by atoms with Crippen LogP contribution in [0.3, 0.4) is 0 Å². The number of carbonyl (C=O) groups is 1. The highest BCUT2D eigenvalue weighted by Crippen LogP contribution is 2.11. The number of hydrogen-bond donors (Lipinski definition) is 2. The minimum atomic E-state index is -0.231. The quantitative estimate of drug-likeness (QED) is 0.724. The third kappa shape index (κ3) is 8.02. The van der Waals surface area contributed by atoms with E-state index in [1.165, 1.54) is 12.1 Å². The maximum Gasteiger partial charge on any atom is 0.220 e. The molecule has 0 heterocycles. The van der Waals surface area contributed by atoms with Gasteiger partial charge in [-0.3, -0.25) is 4.79 Å². The Morgan fingerprint density at radius 1 is 1.24 bits per heavy atom. The lowest BCUT2D eigenvalue weighted by atomic mass is 9.96. The van der Waals surface area contributed by atoms with Crippen molar-refractivity contribution in [2.75, 3.05) is 13.6 Å². The Labute approximate surface area is 133 Å². The smallest absolute Gasteiger partial charge is 0.220 e. The first-order valence-corrected chi connectivity index (χ1v) is 7.21. The third-order valence-electron chi connectivity index (χ3n) is 3.35. The molecule has 1 aromatic rings. The lowest BCUT2D eigenvalue weighted by Crippen LogP contribution is -2.40. The van der Waals surface area contributed by atoms with E-state index in [9.17, 15) is 9.18 Å². The average Bonchev–Trinajstić information content (AvgIpc) is 2.40. The monoisotopic (exact) mass is 316 g/mol. The van der Waals surface area contributed by atoms with Gasteiger partial charge in [0.15, 0.2) is 0 Å². The van der Waals surface area contributed by atoms with E-state index < -0.39 is 0 Å². The van der Waals surface area contributed by atoms with Crippen LogP contribution in [-0.4, -0.2) is 25.5 Å². The van der Waals surface area contributed by atoms with Crippen molar-refractivity contribution >= 4 is 18.3 Å². The van der Waals surface area contributed by atoms with Gasteiger partial charge in [0.1, 0.15) is 5.82 Å². The van der Waals surface area contributed by atoms with Crippen LogP contribution in [-0.2, 0) is 11.2 Å². The first-order valence-electron chi connectivity index (χ1n) is 7.21. The number of carbonyl (C=O) groups excluding carboxylic acids is 1. The third-order valence-corrected chi connectivity index (χ3v) is 3.35. The molecule has 0 radical (unpaired) electrons. The van der Waals surface area contributed by atoms with E-state index in [0.29, 0.717) is 12.3 Å². The first kappa shape index (κ1) is 19.9. The van der Waals surface area contributed by atoms with Crippen LogP contribution in [0.1, 0.15) is 32.3 Å². The van der Waals surface area contributed by atoms with Crippen LogP contribution in [0, 0.1) is 11.7 Å². The standard InChI is InChI=1S/C16H25FN2O.ClH/c1-12(2)15(19-16(20)5-4-10-18-3)11-13-6-8-14(17)9-7-13;/h6-9,12,15,18H,4-5,10-11H2,1-3H3,(H,19,20);1H. The molecule has 1 amide bonds. The molecule has 0 bridgehead atoms. The summed E-state index contributed by atoms with van der Waals surface area (Å²) in [6.07, 6.45) is 2.10. The van der Waals surface area contributed by atoms with Crippen molar-refractivity contribution in [2.45, 2.75) is 39.2 Å². The second-order valence-electron chi connectivity index (χ2n) is 5.46. The fourth-order valence-electron chi connectivity index (χ4n) is 2.03. The lowest BCUT2D eigenvalue weighted by Gasteiger charge is -2.22. The SMILES string of the molecule is CNCCCC(=O)NC(Cc1ccc(F)cc1)C(C)C.Cl. The van der Waals surface area contributed by atoms with Crippen molar-refractivity contribution < 1.29 is 9.18 Å². The summed E-state index contributed by atoms with van der Waals surface area (Å²) < 4.78 is 12.9. The van der Waals surface area contributed by atoms with Crippen LogP contribution in [0.4, 0.5) is 4.39 Å². The van der Waals surface area contributed by atoms with Gasteiger partial charge in [0, 0.05) is 12.5 Å². The molecule has 5 heteroatoms. The number of benzene rings is 1. The normalized spacial score (nSPS) is 11.9. The molecule has 21 heavy (non-hydrogen) atoms. The highest BCUT2D eigenvalue weighted by Gasteiger charge is 2.16. The van der Waals surface area contributed by atoms with E-state index in [-0.39, 0.29) is 30.2 Å². The molecule has 3 nitrogen and oxygen atoms in total. The summed E-state index contributed by atoms with van der Waals surface area (Å²) in [5.41, 5.74) is 1.04. The zero-order chi connectivity index (χ0) is 15.0. The Bertz CT molecular complexity index is 409. The van der Waals surface area contributed by atoms with E-state index in [4.69, 9.17) is 0 Å². The number of rotatable bonds is 8. The van der Waals surface area contributed by atoms with Gasteiger partial charge in [-0.05, 0) is 50.0 Å². The van der Waals surface area contributed by atoms with Gasteiger partial charge in [-0.25, -0.2) is 4.39 Å². The van der Waals surface area contributed by atoms with Crippen molar-refractivity contribution in [1.82, 2.24) is 10.6 Å². The summed E-state index contributed by atoms with van der Waals surface area (Å²) in [6.45, 7) is 5.02. The average molecular weight is 317 g/mol. The molecule has 1 aromatic carbocycles. The Kier molecular flexibility index (Phi) is 10.0. The summed E-state index contributed by atoms with van der Waals surface area (Å²) in [4.78, 5) is 11.9. The maximum atomic E-state index is 12.9. The Morgan fingerprint density at radius 3 is 2.38 bits per heavy atom. The highest BCUT2D eigenvalue weighted by atomic mass is 35.5. The molecule has 0 saturated heterocycles. The highest BCUT2D eigenvalue weighted by molar-refractivity contribution is 5.85. The van der Waals surface area contributed by atoms with E-state index in [1.807, 2.05) is 7.05 Å². The van der Waals surface area contributed by atoms with Gasteiger partial charge in [-0.1, -0.05) is 26.0 Å². The van der Waals surface area contributed by atoms with E-state index in [2.05, 4.69) is 24.5 Å². The predicted molar refractivity (Wildman–Crippen MR) is 87.3 cm³/mol. The van der Waals surface area contributed by atoms with Crippen molar-refractivity contribution in [2.24, 2.45) is 5.92 Å². The van der Waals surface area contributed by atoms with Crippen molar-refractivity contribution in [3.8, 4) is 0 Å². The number of halogens is 2. The van der Waals surface area contributed by atoms with Gasteiger partial charge >= 0.3 is 0 Å². The molecule has 0 aromatic heterocycles. The zero-order valence-corrected chi connectivity index (χ0v) is 13.8. The molecular weight excluding hydrogens is 291 g/mol. The molecule has 0 spiro atoms. The molecule has 1 unspecified atom stereocenters. The Morgan fingerprint density at radius 2 is 1.86 bits per heavy atom. The van der Waals surface area contributed by atoms with E-state index in [1.54, 1.807) is 12.1 Å². The fourth-order valence-corrected chi connectivity index (χ4v) is 2.03. The van der Waals surface area contributed by atoms with Crippen LogP contribution in [0.15, 0.2) is 24.3 Å². The van der Waals surface area contributed by atoms with Crippen LogP contribution in [0.25, 0.3) is 0 Å². The van der Waals surface area contributed by atoms with Crippen LogP contribution in [0.2, 0.25) is 0 Å². The molecule has 1 atom stereocenters. The molecular formula is C16H26ClFN2O. The van der Waals surface area contributed by atoms with Crippen molar-refractivity contribution in [3.63, 3.8) is 0 Å². The van der Waals surface area contributed by atoms with E-state index >= 15 is 0 Å². The number of nitrogens with one attached hydrogen (secondary N) is 2. The minimum absolute atomic E-state index is 0. The predicted octanol–water partition coefficient (Wildman–Crippen LogP) is 2.93. The van der Waals surface area contributed by atoms with Crippen LogP contribution >= 0.6 is 12.4 Å². The molecule has 2 N–H and O–H groups in total. The second kappa shape index (κ2) is 10.6. The fraction of sp³-hybridized carbons (Fsp3) is 0.562. The molecule has 0 aliphatic rings. The van der Waals surface area contributed by atoms with Crippen molar-refractivity contribution in [3.05, 3.63) is 35.6 Å². The summed E-state index contributed by atoms with van der Waals surface area (Å²) in [5.74, 6) is 0.195. The zero-order valence-electron chi connectivity index (χ0n) is 13.0. The first-order chi connectivity index (χ1) is 9.52. The van der Waals surface area contributed by atoms with E-state index in [0.717, 1.165) is 24.9 Å². The van der Waals surface area contributed by atoms with Crippen LogP contribution in [0.5, 0.6) is 0 Å². The minimum Gasteiger partial charge on any atom is -0.353 e. The summed E-state index contributed by atoms with van der Waals surface area (Å²) in [6, 6.07) is 6.56. The van der Waals surface area contributed by atoms with Gasteiger partial charge in [0.2, 0.25) is 5.91 Å². The lowest BCUT2D eigenvalue weighted by molar-refractivity contribution is -0.122. The van der Waals surface area contributed by atoms with Crippen molar-refractivity contribution in [1.29, 1.82) is 0 Å². The summed E-state index contributed by atoms with van der Waals surface area (Å²) in [7, 11) is 1.88. The molecule has 0 aliphatic heterocycles. The Balaban J connectivity index is 0.00000400. The van der Waals surface area contributed by atoms with Gasteiger partial charge in [0.25, 0.3) is 0 Å².